The summed E-state index contributed by atoms with van der Waals surface area (Å²) in [4.78, 5) is 37.1. The number of piperazine rings is 1. The van der Waals surface area contributed by atoms with Gasteiger partial charge < -0.3 is 23.8 Å². The minimum absolute atomic E-state index is 0.0510. The molecule has 4 aromatic rings. The number of hydrogen-bond acceptors (Lipinski definition) is 6. The highest BCUT2D eigenvalue weighted by Gasteiger charge is 2.31. The van der Waals surface area contributed by atoms with Crippen molar-refractivity contribution in [2.75, 3.05) is 77.6 Å². The molecule has 2 amide bonds. The quantitative estimate of drug-likeness (QED) is 0.292. The van der Waals surface area contributed by atoms with Crippen LogP contribution in [0.1, 0.15) is 37.7 Å². The zero-order valence-electron chi connectivity index (χ0n) is 27.4. The van der Waals surface area contributed by atoms with Gasteiger partial charge in [0.2, 0.25) is 0 Å². The van der Waals surface area contributed by atoms with E-state index in [1.165, 1.54) is 0 Å². The molecule has 0 atom stereocenters. The number of nitrogens with zero attached hydrogens (tertiary/aromatic N) is 5. The molecule has 7 rings (SSSR count). The molecule has 9 nitrogen and oxygen atoms in total. The van der Waals surface area contributed by atoms with Crippen LogP contribution in [0.15, 0.2) is 78.9 Å². The lowest BCUT2D eigenvalue weighted by Gasteiger charge is -2.36. The standard InChI is InChI=1S/C38H43N5O4/c1-28-32(29-8-4-3-5-9-29)13-14-33(36(28)46-2)37(44)43-27-31-12-15-35(42(31)26-30-10-6-7-11-34(30)43)38(45)41-20-18-39(19-21-41)16-17-40-22-24-47-25-23-40/h3-15H,16-27H2,1-2H3. The van der Waals surface area contributed by atoms with E-state index in [1.54, 1.807) is 7.11 Å². The van der Waals surface area contributed by atoms with Gasteiger partial charge in [-0.05, 0) is 53.4 Å². The Labute approximate surface area is 276 Å². The highest BCUT2D eigenvalue weighted by Crippen LogP contribution is 2.36. The first-order chi connectivity index (χ1) is 23.0. The topological polar surface area (TPSA) is 70.5 Å². The first-order valence-electron chi connectivity index (χ1n) is 16.6. The molecule has 244 valence electrons. The van der Waals surface area contributed by atoms with Gasteiger partial charge in [-0.1, -0.05) is 54.6 Å². The van der Waals surface area contributed by atoms with Crippen molar-refractivity contribution >= 4 is 17.5 Å². The zero-order valence-corrected chi connectivity index (χ0v) is 27.4. The Morgan fingerprint density at radius 1 is 0.745 bits per heavy atom. The minimum atomic E-state index is -0.132. The van der Waals surface area contributed by atoms with Crippen LogP contribution < -0.4 is 9.64 Å². The molecular weight excluding hydrogens is 590 g/mol. The Bertz CT molecular complexity index is 1740. The third-order valence-electron chi connectivity index (χ3n) is 9.89. The van der Waals surface area contributed by atoms with Gasteiger partial charge in [-0.25, -0.2) is 0 Å². The van der Waals surface area contributed by atoms with E-state index in [4.69, 9.17) is 9.47 Å². The van der Waals surface area contributed by atoms with Crippen LogP contribution in [-0.4, -0.2) is 104 Å². The van der Waals surface area contributed by atoms with Gasteiger partial charge >= 0.3 is 0 Å². The van der Waals surface area contributed by atoms with Gasteiger partial charge in [0.05, 0.1) is 39.0 Å². The van der Waals surface area contributed by atoms with Crippen LogP contribution in [0.2, 0.25) is 0 Å². The van der Waals surface area contributed by atoms with Gasteiger partial charge in [0, 0.05) is 63.7 Å². The number of benzene rings is 3. The molecule has 47 heavy (non-hydrogen) atoms. The fourth-order valence-corrected chi connectivity index (χ4v) is 7.17. The monoisotopic (exact) mass is 633 g/mol. The van der Waals surface area contributed by atoms with Gasteiger partial charge in [-0.2, -0.15) is 0 Å². The number of amides is 2. The van der Waals surface area contributed by atoms with Crippen LogP contribution in [0, 0.1) is 6.92 Å². The van der Waals surface area contributed by atoms with Crippen molar-refractivity contribution in [3.05, 3.63) is 107 Å². The second-order valence-corrected chi connectivity index (χ2v) is 12.6. The lowest BCUT2D eigenvalue weighted by atomic mass is 9.96. The number of fused-ring (bicyclic) bond motifs is 2. The van der Waals surface area contributed by atoms with E-state index < -0.39 is 0 Å². The molecule has 3 aliphatic heterocycles. The Kier molecular flexibility index (Phi) is 9.11. The summed E-state index contributed by atoms with van der Waals surface area (Å²) in [6.45, 7) is 11.7. The summed E-state index contributed by atoms with van der Waals surface area (Å²) in [5.74, 6) is 0.497. The molecule has 0 radical (unpaired) electrons. The van der Waals surface area contributed by atoms with Crippen LogP contribution >= 0.6 is 0 Å². The van der Waals surface area contributed by atoms with E-state index in [-0.39, 0.29) is 11.8 Å². The molecule has 2 fully saturated rings. The third-order valence-corrected chi connectivity index (χ3v) is 9.89. The van der Waals surface area contributed by atoms with Crippen LogP contribution in [0.5, 0.6) is 5.75 Å². The molecular formula is C38H43N5O4. The average Bonchev–Trinajstić information content (AvgIpc) is 3.43. The number of carbonyl (C=O) groups is 2. The number of morpholine rings is 1. The summed E-state index contributed by atoms with van der Waals surface area (Å²) in [5.41, 5.74) is 6.99. The van der Waals surface area contributed by atoms with Gasteiger partial charge in [0.1, 0.15) is 11.4 Å². The van der Waals surface area contributed by atoms with Gasteiger partial charge in [0.25, 0.3) is 11.8 Å². The molecule has 0 spiro atoms. The molecule has 0 N–H and O–H groups in total. The minimum Gasteiger partial charge on any atom is -0.496 e. The summed E-state index contributed by atoms with van der Waals surface area (Å²) in [6.07, 6.45) is 0. The number of rotatable bonds is 7. The van der Waals surface area contributed by atoms with Gasteiger partial charge in [0.15, 0.2) is 0 Å². The van der Waals surface area contributed by atoms with Crippen molar-refractivity contribution in [1.82, 2.24) is 19.3 Å². The van der Waals surface area contributed by atoms with Crippen molar-refractivity contribution in [2.45, 2.75) is 20.0 Å². The molecule has 1 aromatic heterocycles. The SMILES string of the molecule is COc1c(C(=O)N2Cc3ccc(C(=O)N4CCN(CCN5CCOCC5)CC4)n3Cc3ccccc32)ccc(-c2ccccc2)c1C. The summed E-state index contributed by atoms with van der Waals surface area (Å²) in [6, 6.07) is 25.9. The van der Waals surface area contributed by atoms with E-state index >= 15 is 0 Å². The molecule has 4 heterocycles. The van der Waals surface area contributed by atoms with Gasteiger partial charge in [-0.3, -0.25) is 19.4 Å². The number of methoxy groups -OCH3 is 1. The Hall–Kier alpha value is -4.44. The molecule has 9 heteroatoms. The van der Waals surface area contributed by atoms with E-state index in [0.717, 1.165) is 86.1 Å². The molecule has 2 saturated heterocycles. The number of para-hydroxylation sites is 1. The lowest BCUT2D eigenvalue weighted by molar-refractivity contribution is 0.0292. The first-order valence-corrected chi connectivity index (χ1v) is 16.6. The summed E-state index contributed by atoms with van der Waals surface area (Å²) >= 11 is 0. The molecule has 3 aromatic carbocycles. The van der Waals surface area contributed by atoms with E-state index in [1.807, 2.05) is 83.5 Å². The van der Waals surface area contributed by atoms with Crippen LogP contribution in [0.25, 0.3) is 11.1 Å². The number of ether oxygens (including phenoxy) is 2. The smallest absolute Gasteiger partial charge is 0.270 e. The second kappa shape index (κ2) is 13.7. The number of hydrogen-bond donors (Lipinski definition) is 0. The lowest BCUT2D eigenvalue weighted by Crippen LogP contribution is -2.51. The maximum absolute atomic E-state index is 14.4. The van der Waals surface area contributed by atoms with Crippen molar-refractivity contribution in [2.24, 2.45) is 0 Å². The zero-order chi connectivity index (χ0) is 32.3. The van der Waals surface area contributed by atoms with Crippen LogP contribution in [0.4, 0.5) is 5.69 Å². The number of carbonyl (C=O) groups excluding carboxylic acids is 2. The second-order valence-electron chi connectivity index (χ2n) is 12.6. The fourth-order valence-electron chi connectivity index (χ4n) is 7.17. The van der Waals surface area contributed by atoms with Crippen molar-refractivity contribution in [1.29, 1.82) is 0 Å². The third kappa shape index (κ3) is 6.31. The molecule has 0 aliphatic carbocycles. The predicted molar refractivity (Wildman–Crippen MR) is 183 cm³/mol. The van der Waals surface area contributed by atoms with Crippen LogP contribution in [-0.2, 0) is 17.8 Å². The fraction of sp³-hybridized carbons (Fsp3) is 0.368. The maximum atomic E-state index is 14.4. The highest BCUT2D eigenvalue weighted by molar-refractivity contribution is 6.09. The van der Waals surface area contributed by atoms with Crippen LogP contribution in [0.3, 0.4) is 0 Å². The first kappa shape index (κ1) is 31.2. The average molecular weight is 634 g/mol. The highest BCUT2D eigenvalue weighted by atomic mass is 16.5. The maximum Gasteiger partial charge on any atom is 0.270 e. The molecule has 0 bridgehead atoms. The van der Waals surface area contributed by atoms with E-state index in [2.05, 4.69) is 26.5 Å². The largest absolute Gasteiger partial charge is 0.496 e. The summed E-state index contributed by atoms with van der Waals surface area (Å²) in [7, 11) is 1.62. The molecule has 0 saturated carbocycles. The van der Waals surface area contributed by atoms with Gasteiger partial charge in [-0.15, -0.1) is 0 Å². The number of anilines is 1. The van der Waals surface area contributed by atoms with Crippen molar-refractivity contribution in [3.63, 3.8) is 0 Å². The number of aromatic nitrogens is 1. The molecule has 3 aliphatic rings. The predicted octanol–water partition coefficient (Wildman–Crippen LogP) is 4.77. The van der Waals surface area contributed by atoms with E-state index in [0.29, 0.717) is 43.2 Å². The molecule has 0 unspecified atom stereocenters. The van der Waals surface area contributed by atoms with Crippen molar-refractivity contribution in [3.8, 4) is 16.9 Å². The normalized spacial score (nSPS) is 17.1. The Morgan fingerprint density at radius 2 is 1.45 bits per heavy atom. The Morgan fingerprint density at radius 3 is 2.19 bits per heavy atom. The van der Waals surface area contributed by atoms with Crippen molar-refractivity contribution < 1.29 is 19.1 Å². The summed E-state index contributed by atoms with van der Waals surface area (Å²) < 4.78 is 13.5. The Balaban J connectivity index is 1.11. The van der Waals surface area contributed by atoms with E-state index in [9.17, 15) is 9.59 Å². The summed E-state index contributed by atoms with van der Waals surface area (Å²) in [5, 5.41) is 0.